The van der Waals surface area contributed by atoms with E-state index in [4.69, 9.17) is 37.0 Å². The minimum absolute atomic E-state index is 0.0868. The Labute approximate surface area is 560 Å². The number of esters is 4. The van der Waals surface area contributed by atoms with Gasteiger partial charge in [-0.25, -0.2) is 9.13 Å². The normalized spacial score (nSPS) is 14.2. The number of carbonyl (C=O) groups is 4. The third-order valence-corrected chi connectivity index (χ3v) is 18.0. The van der Waals surface area contributed by atoms with E-state index in [9.17, 15) is 43.2 Å². The van der Waals surface area contributed by atoms with Crippen LogP contribution in [0.1, 0.15) is 349 Å². The number of rotatable bonds is 71. The van der Waals surface area contributed by atoms with Crippen molar-refractivity contribution in [2.75, 3.05) is 39.6 Å². The number of phosphoric ester groups is 2. The fourth-order valence-corrected chi connectivity index (χ4v) is 11.9. The van der Waals surface area contributed by atoms with Crippen molar-refractivity contribution in [1.29, 1.82) is 0 Å². The summed E-state index contributed by atoms with van der Waals surface area (Å²) in [7, 11) is -9.92. The molecule has 0 radical (unpaired) electrons. The molecule has 0 saturated heterocycles. The quantitative estimate of drug-likeness (QED) is 0.0169. The van der Waals surface area contributed by atoms with E-state index in [0.717, 1.165) is 135 Å². The fraction of sp³-hybridized carbons (Fsp3) is 0.863. The van der Waals surface area contributed by atoms with Crippen LogP contribution in [-0.2, 0) is 65.4 Å². The number of aliphatic hydroxyl groups excluding tert-OH is 1. The summed E-state index contributed by atoms with van der Waals surface area (Å²) >= 11 is 0. The SMILES string of the molecule is CCC/C=C\C/C=C\CCCCCCCC(=O)OCC(COP(=O)(O)OCC(O)COP(=O)(O)OCC(COC(=O)CCCCCCCCCCCCCCCCC)OC(=O)CCCCCCCCCCCCCCC)OC(=O)CCCCCCC/C=C\CCCC. The molecule has 0 aliphatic heterocycles. The minimum Gasteiger partial charge on any atom is -0.462 e. The smallest absolute Gasteiger partial charge is 0.462 e. The standard InChI is InChI=1S/C73H136O17P2/c1-5-9-13-17-21-25-29-32-33-36-39-42-46-50-54-58-71(76)84-64-69(90-73(78)60-56-52-48-44-40-35-31-27-23-19-15-11-7-3)66-88-92(81,82)86-62-67(74)61-85-91(79,80)87-65-68(89-72(77)59-55-51-47-43-37-28-24-20-16-12-8-4)63-83-70(75)57-53-49-45-41-38-34-30-26-22-18-14-10-6-2/h14,18,20,24,26,30,67-69,74H,5-13,15-17,19,21-23,25,27-29,31-66H2,1-4H3,(H,79,80)(H,81,82)/b18-14-,24-20-,30-26-. The van der Waals surface area contributed by atoms with Gasteiger partial charge in [-0.05, 0) is 70.6 Å². The zero-order chi connectivity index (χ0) is 67.5. The third-order valence-electron chi connectivity index (χ3n) is 16.1. The Morgan fingerprint density at radius 1 is 0.304 bits per heavy atom. The number of ether oxygens (including phenoxy) is 4. The first-order valence-corrected chi connectivity index (χ1v) is 40.2. The number of aliphatic hydroxyl groups is 1. The Kier molecular flexibility index (Phi) is 64.9. The van der Waals surface area contributed by atoms with Gasteiger partial charge in [0, 0.05) is 25.7 Å². The molecule has 0 aromatic heterocycles. The molecule has 0 bridgehead atoms. The van der Waals surface area contributed by atoms with Crippen LogP contribution >= 0.6 is 15.6 Å². The van der Waals surface area contributed by atoms with Gasteiger partial charge in [0.25, 0.3) is 0 Å². The Hall–Kier alpha value is -2.72. The highest BCUT2D eigenvalue weighted by Crippen LogP contribution is 2.45. The maximum absolute atomic E-state index is 13.0. The van der Waals surface area contributed by atoms with E-state index in [1.165, 1.54) is 135 Å². The Morgan fingerprint density at radius 3 is 0.891 bits per heavy atom. The average molecular weight is 1350 g/mol. The van der Waals surface area contributed by atoms with Crippen LogP contribution in [0.25, 0.3) is 0 Å². The molecule has 0 fully saturated rings. The molecule has 0 aliphatic rings. The van der Waals surface area contributed by atoms with E-state index >= 15 is 0 Å². The minimum atomic E-state index is -4.96. The van der Waals surface area contributed by atoms with Crippen molar-refractivity contribution in [1.82, 2.24) is 0 Å². The zero-order valence-electron chi connectivity index (χ0n) is 58.7. The van der Waals surface area contributed by atoms with Gasteiger partial charge in [-0.15, -0.1) is 0 Å². The topological polar surface area (TPSA) is 237 Å². The molecule has 0 aromatic rings. The maximum atomic E-state index is 13.0. The molecule has 17 nitrogen and oxygen atoms in total. The fourth-order valence-electron chi connectivity index (χ4n) is 10.4. The van der Waals surface area contributed by atoms with Crippen molar-refractivity contribution < 1.29 is 80.2 Å². The molecule has 0 aliphatic carbocycles. The summed E-state index contributed by atoms with van der Waals surface area (Å²) in [5.74, 6) is -2.16. The van der Waals surface area contributed by atoms with Crippen molar-refractivity contribution in [2.45, 2.75) is 367 Å². The van der Waals surface area contributed by atoms with Gasteiger partial charge in [0.05, 0.1) is 26.4 Å². The first-order valence-electron chi connectivity index (χ1n) is 37.2. The van der Waals surface area contributed by atoms with Crippen LogP contribution in [-0.4, -0.2) is 96.7 Å². The van der Waals surface area contributed by atoms with Crippen LogP contribution in [0.15, 0.2) is 36.5 Å². The highest BCUT2D eigenvalue weighted by atomic mass is 31.2. The molecule has 19 heteroatoms. The van der Waals surface area contributed by atoms with Gasteiger partial charge in [0.1, 0.15) is 19.3 Å². The highest BCUT2D eigenvalue weighted by Gasteiger charge is 2.30. The van der Waals surface area contributed by atoms with E-state index in [2.05, 4.69) is 64.2 Å². The van der Waals surface area contributed by atoms with Crippen LogP contribution in [0.4, 0.5) is 0 Å². The first kappa shape index (κ1) is 89.3. The first-order chi connectivity index (χ1) is 44.7. The monoisotopic (exact) mass is 1350 g/mol. The van der Waals surface area contributed by atoms with Gasteiger partial charge >= 0.3 is 39.5 Å². The molecular weight excluding hydrogens is 1210 g/mol. The van der Waals surface area contributed by atoms with Gasteiger partial charge in [-0.2, -0.15) is 0 Å². The third kappa shape index (κ3) is 65.9. The summed E-state index contributed by atoms with van der Waals surface area (Å²) < 4.78 is 68.3. The number of unbranched alkanes of at least 4 members (excludes halogenated alkanes) is 39. The molecular formula is C73H136O17P2. The predicted molar refractivity (Wildman–Crippen MR) is 372 cm³/mol. The Morgan fingerprint density at radius 2 is 0.565 bits per heavy atom. The maximum Gasteiger partial charge on any atom is 0.472 e. The van der Waals surface area contributed by atoms with E-state index in [1.807, 2.05) is 0 Å². The van der Waals surface area contributed by atoms with Gasteiger partial charge < -0.3 is 33.8 Å². The summed E-state index contributed by atoms with van der Waals surface area (Å²) in [5.41, 5.74) is 0. The van der Waals surface area contributed by atoms with Crippen LogP contribution in [0.2, 0.25) is 0 Å². The van der Waals surface area contributed by atoms with Crippen LogP contribution in [0.5, 0.6) is 0 Å². The molecule has 3 N–H and O–H groups in total. The molecule has 0 heterocycles. The largest absolute Gasteiger partial charge is 0.472 e. The molecule has 0 saturated carbocycles. The summed E-state index contributed by atoms with van der Waals surface area (Å²) in [6, 6.07) is 0. The van der Waals surface area contributed by atoms with Crippen LogP contribution < -0.4 is 0 Å². The van der Waals surface area contributed by atoms with Gasteiger partial charge in [-0.3, -0.25) is 37.3 Å². The summed E-state index contributed by atoms with van der Waals surface area (Å²) in [5, 5.41) is 10.6. The number of hydrogen-bond donors (Lipinski definition) is 3. The second kappa shape index (κ2) is 66.9. The number of carbonyl (C=O) groups excluding carboxylic acids is 4. The van der Waals surface area contributed by atoms with E-state index in [-0.39, 0.29) is 25.7 Å². The van der Waals surface area contributed by atoms with Crippen molar-refractivity contribution in [3.05, 3.63) is 36.5 Å². The van der Waals surface area contributed by atoms with Crippen LogP contribution in [0.3, 0.4) is 0 Å². The number of allylic oxidation sites excluding steroid dienone is 6. The van der Waals surface area contributed by atoms with Gasteiger partial charge in [-0.1, -0.05) is 289 Å². The Balaban J connectivity index is 5.28. The Bertz CT molecular complexity index is 1900. The van der Waals surface area contributed by atoms with Crippen molar-refractivity contribution in [2.24, 2.45) is 0 Å². The lowest BCUT2D eigenvalue weighted by Crippen LogP contribution is -2.30. The average Bonchev–Trinajstić information content (AvgIpc) is 2.25. The predicted octanol–water partition coefficient (Wildman–Crippen LogP) is 20.8. The molecule has 540 valence electrons. The highest BCUT2D eigenvalue weighted by molar-refractivity contribution is 7.47. The lowest BCUT2D eigenvalue weighted by molar-refractivity contribution is -0.161. The molecule has 92 heavy (non-hydrogen) atoms. The molecule has 5 unspecified atom stereocenters. The van der Waals surface area contributed by atoms with Crippen molar-refractivity contribution >= 4 is 39.5 Å². The molecule has 0 amide bonds. The zero-order valence-corrected chi connectivity index (χ0v) is 60.5. The summed E-state index contributed by atoms with van der Waals surface area (Å²) in [4.78, 5) is 72.6. The van der Waals surface area contributed by atoms with Crippen LogP contribution in [0, 0.1) is 0 Å². The summed E-state index contributed by atoms with van der Waals surface area (Å²) in [6.07, 6.45) is 60.0. The van der Waals surface area contributed by atoms with Gasteiger partial charge in [0.2, 0.25) is 0 Å². The van der Waals surface area contributed by atoms with Crippen molar-refractivity contribution in [3.8, 4) is 0 Å². The van der Waals surface area contributed by atoms with E-state index in [0.29, 0.717) is 25.7 Å². The molecule has 0 spiro atoms. The summed E-state index contributed by atoms with van der Waals surface area (Å²) in [6.45, 7) is 4.80. The van der Waals surface area contributed by atoms with Crippen molar-refractivity contribution in [3.63, 3.8) is 0 Å². The second-order valence-electron chi connectivity index (χ2n) is 25.2. The number of phosphoric acid groups is 2. The van der Waals surface area contributed by atoms with E-state index < -0.39 is 97.5 Å². The molecule has 0 aromatic carbocycles. The number of hydrogen-bond acceptors (Lipinski definition) is 15. The van der Waals surface area contributed by atoms with E-state index in [1.54, 1.807) is 0 Å². The molecule has 0 rings (SSSR count). The van der Waals surface area contributed by atoms with Gasteiger partial charge in [0.15, 0.2) is 12.2 Å². The lowest BCUT2D eigenvalue weighted by atomic mass is 10.0. The molecule has 5 atom stereocenters. The second-order valence-corrected chi connectivity index (χ2v) is 28.2. The lowest BCUT2D eigenvalue weighted by Gasteiger charge is -2.21.